The van der Waals surface area contributed by atoms with Crippen molar-refractivity contribution in [2.45, 2.75) is 19.9 Å². The average Bonchev–Trinajstić information content (AvgIpc) is 3.13. The summed E-state index contributed by atoms with van der Waals surface area (Å²) < 4.78 is 24.6. The van der Waals surface area contributed by atoms with Crippen molar-refractivity contribution < 1.29 is 18.0 Å². The Morgan fingerprint density at radius 3 is 2.45 bits per heavy atom. The van der Waals surface area contributed by atoms with Gasteiger partial charge in [0, 0.05) is 29.5 Å². The molecular weight excluding hydrogens is 434 g/mol. The Labute approximate surface area is 180 Å². The van der Waals surface area contributed by atoms with Gasteiger partial charge in [0.05, 0.1) is 17.7 Å². The fourth-order valence-corrected chi connectivity index (χ4v) is 4.08. The Hall–Kier alpha value is -1.94. The van der Waals surface area contributed by atoms with E-state index in [0.717, 1.165) is 16.7 Å². The Morgan fingerprint density at radius 2 is 1.83 bits per heavy atom. The standard InChI is InChI=1S/C19H24ClN3O4S2/c1-3-23(13-18(24)21-12-14-4-6-15(20)7-5-14)19(25)17-9-8-16(28-17)10-11-22-29(2,26)27/h4-9,22H,3,10-13H2,1-2H3,(H,21,24). The molecule has 0 bridgehead atoms. The summed E-state index contributed by atoms with van der Waals surface area (Å²) in [6, 6.07) is 10.7. The molecule has 0 aliphatic rings. The molecule has 2 aromatic rings. The van der Waals surface area contributed by atoms with Crippen LogP contribution in [-0.2, 0) is 27.8 Å². The highest BCUT2D eigenvalue weighted by atomic mass is 35.5. The lowest BCUT2D eigenvalue weighted by molar-refractivity contribution is -0.121. The summed E-state index contributed by atoms with van der Waals surface area (Å²) in [7, 11) is -3.23. The van der Waals surface area contributed by atoms with Gasteiger partial charge in [-0.3, -0.25) is 9.59 Å². The van der Waals surface area contributed by atoms with Gasteiger partial charge in [0.25, 0.3) is 5.91 Å². The lowest BCUT2D eigenvalue weighted by Gasteiger charge is -2.19. The zero-order valence-electron chi connectivity index (χ0n) is 16.3. The van der Waals surface area contributed by atoms with Crippen molar-refractivity contribution in [3.05, 3.63) is 56.7 Å². The van der Waals surface area contributed by atoms with Gasteiger partial charge < -0.3 is 10.2 Å². The molecule has 1 aromatic carbocycles. The molecule has 2 rings (SSSR count). The Morgan fingerprint density at radius 1 is 1.14 bits per heavy atom. The van der Waals surface area contributed by atoms with Crippen molar-refractivity contribution in [1.82, 2.24) is 14.9 Å². The van der Waals surface area contributed by atoms with E-state index in [4.69, 9.17) is 11.6 Å². The molecule has 0 fully saturated rings. The van der Waals surface area contributed by atoms with E-state index in [0.29, 0.717) is 29.4 Å². The lowest BCUT2D eigenvalue weighted by atomic mass is 10.2. The molecule has 0 spiro atoms. The van der Waals surface area contributed by atoms with Gasteiger partial charge in [-0.2, -0.15) is 0 Å². The quantitative estimate of drug-likeness (QED) is 0.572. The van der Waals surface area contributed by atoms with Gasteiger partial charge in [-0.1, -0.05) is 23.7 Å². The van der Waals surface area contributed by atoms with Crippen LogP contribution in [0.4, 0.5) is 0 Å². The highest BCUT2D eigenvalue weighted by molar-refractivity contribution is 7.88. The molecule has 0 unspecified atom stereocenters. The number of halogens is 1. The van der Waals surface area contributed by atoms with Gasteiger partial charge in [0.2, 0.25) is 15.9 Å². The number of amides is 2. The highest BCUT2D eigenvalue weighted by Gasteiger charge is 2.19. The van der Waals surface area contributed by atoms with Crippen LogP contribution >= 0.6 is 22.9 Å². The first-order valence-corrected chi connectivity index (χ1v) is 12.1. The summed E-state index contributed by atoms with van der Waals surface area (Å²) in [4.78, 5) is 27.8. The smallest absolute Gasteiger partial charge is 0.264 e. The molecule has 0 saturated heterocycles. The van der Waals surface area contributed by atoms with Gasteiger partial charge in [-0.15, -0.1) is 11.3 Å². The molecule has 1 heterocycles. The predicted octanol–water partition coefficient (Wildman–Crippen LogP) is 2.27. The van der Waals surface area contributed by atoms with Crippen LogP contribution in [0.15, 0.2) is 36.4 Å². The van der Waals surface area contributed by atoms with Crippen LogP contribution in [0.5, 0.6) is 0 Å². The summed E-state index contributed by atoms with van der Waals surface area (Å²) in [5.41, 5.74) is 0.919. The minimum absolute atomic E-state index is 0.0359. The molecular formula is C19H24ClN3O4S2. The van der Waals surface area contributed by atoms with E-state index in [1.54, 1.807) is 24.3 Å². The summed E-state index contributed by atoms with van der Waals surface area (Å²) in [6.45, 7) is 2.81. The van der Waals surface area contributed by atoms with Crippen molar-refractivity contribution in [1.29, 1.82) is 0 Å². The Kier molecular flexibility index (Phi) is 8.63. The first-order valence-electron chi connectivity index (χ1n) is 9.01. The van der Waals surface area contributed by atoms with E-state index in [1.165, 1.54) is 16.2 Å². The second kappa shape index (κ2) is 10.7. The van der Waals surface area contributed by atoms with Gasteiger partial charge >= 0.3 is 0 Å². The largest absolute Gasteiger partial charge is 0.350 e. The van der Waals surface area contributed by atoms with Crippen LogP contribution in [0.2, 0.25) is 5.02 Å². The maximum absolute atomic E-state index is 12.7. The minimum atomic E-state index is -3.23. The van der Waals surface area contributed by atoms with Crippen molar-refractivity contribution in [2.75, 3.05) is 25.9 Å². The molecule has 2 N–H and O–H groups in total. The Bertz CT molecular complexity index is 943. The van der Waals surface area contributed by atoms with Crippen molar-refractivity contribution in [2.24, 2.45) is 0 Å². The number of nitrogens with zero attached hydrogens (tertiary/aromatic N) is 1. The number of benzene rings is 1. The van der Waals surface area contributed by atoms with Gasteiger partial charge in [0.15, 0.2) is 0 Å². The van der Waals surface area contributed by atoms with Crippen LogP contribution < -0.4 is 10.0 Å². The van der Waals surface area contributed by atoms with Crippen LogP contribution in [0, 0.1) is 0 Å². The predicted molar refractivity (Wildman–Crippen MR) is 116 cm³/mol. The topological polar surface area (TPSA) is 95.6 Å². The first-order chi connectivity index (χ1) is 13.7. The monoisotopic (exact) mass is 457 g/mol. The number of rotatable bonds is 10. The number of hydrogen-bond donors (Lipinski definition) is 2. The number of likely N-dealkylation sites (N-methyl/N-ethyl adjacent to an activating group) is 1. The molecule has 0 radical (unpaired) electrons. The number of thiophene rings is 1. The summed E-state index contributed by atoms with van der Waals surface area (Å²) in [6.07, 6.45) is 1.60. The van der Waals surface area contributed by atoms with E-state index in [1.807, 2.05) is 19.1 Å². The number of sulfonamides is 1. The first kappa shape index (κ1) is 23.3. The molecule has 7 nitrogen and oxygen atoms in total. The average molecular weight is 458 g/mol. The summed E-state index contributed by atoms with van der Waals surface area (Å²) in [5, 5.41) is 3.43. The highest BCUT2D eigenvalue weighted by Crippen LogP contribution is 2.19. The second-order valence-corrected chi connectivity index (χ2v) is 9.84. The van der Waals surface area contributed by atoms with E-state index >= 15 is 0 Å². The van der Waals surface area contributed by atoms with Gasteiger partial charge in [-0.05, 0) is 43.2 Å². The third kappa shape index (κ3) is 8.14. The lowest BCUT2D eigenvalue weighted by Crippen LogP contribution is -2.40. The van der Waals surface area contributed by atoms with Crippen LogP contribution in [0.1, 0.15) is 27.0 Å². The fourth-order valence-electron chi connectivity index (χ4n) is 2.50. The van der Waals surface area contributed by atoms with Crippen LogP contribution in [0.25, 0.3) is 0 Å². The third-order valence-electron chi connectivity index (χ3n) is 4.01. The fraction of sp³-hybridized carbons (Fsp3) is 0.368. The van der Waals surface area contributed by atoms with Crippen molar-refractivity contribution >= 4 is 44.8 Å². The summed E-state index contributed by atoms with van der Waals surface area (Å²) in [5.74, 6) is -0.467. The van der Waals surface area contributed by atoms with E-state index in [-0.39, 0.29) is 24.9 Å². The van der Waals surface area contributed by atoms with Crippen LogP contribution in [-0.4, -0.2) is 51.0 Å². The molecule has 29 heavy (non-hydrogen) atoms. The zero-order chi connectivity index (χ0) is 21.4. The van der Waals surface area contributed by atoms with Gasteiger partial charge in [0.1, 0.15) is 0 Å². The van der Waals surface area contributed by atoms with E-state index in [9.17, 15) is 18.0 Å². The molecule has 0 atom stereocenters. The SMILES string of the molecule is CCN(CC(=O)NCc1ccc(Cl)cc1)C(=O)c1ccc(CCNS(C)(=O)=O)s1. The number of hydrogen-bond acceptors (Lipinski definition) is 5. The molecule has 158 valence electrons. The Balaban J connectivity index is 1.87. The molecule has 10 heteroatoms. The van der Waals surface area contributed by atoms with Gasteiger partial charge in [-0.25, -0.2) is 13.1 Å². The second-order valence-electron chi connectivity index (χ2n) is 6.40. The minimum Gasteiger partial charge on any atom is -0.350 e. The van der Waals surface area contributed by atoms with E-state index in [2.05, 4.69) is 10.0 Å². The maximum atomic E-state index is 12.7. The molecule has 0 saturated carbocycles. The van der Waals surface area contributed by atoms with E-state index < -0.39 is 10.0 Å². The molecule has 2 amide bonds. The summed E-state index contributed by atoms with van der Waals surface area (Å²) >= 11 is 7.15. The zero-order valence-corrected chi connectivity index (χ0v) is 18.7. The normalized spacial score (nSPS) is 11.3. The molecule has 0 aliphatic carbocycles. The molecule has 1 aromatic heterocycles. The number of nitrogens with one attached hydrogen (secondary N) is 2. The number of carbonyl (C=O) groups excluding carboxylic acids is 2. The third-order valence-corrected chi connectivity index (χ3v) is 6.13. The van der Waals surface area contributed by atoms with Crippen LogP contribution in [0.3, 0.4) is 0 Å². The van der Waals surface area contributed by atoms with Crippen molar-refractivity contribution in [3.8, 4) is 0 Å². The molecule has 0 aliphatic heterocycles. The number of carbonyl (C=O) groups is 2. The van der Waals surface area contributed by atoms with Crippen molar-refractivity contribution in [3.63, 3.8) is 0 Å². The maximum Gasteiger partial charge on any atom is 0.264 e.